The van der Waals surface area contributed by atoms with Crippen molar-refractivity contribution in [2.24, 2.45) is 0 Å². The Morgan fingerprint density at radius 2 is 2.05 bits per heavy atom. The van der Waals surface area contributed by atoms with Crippen molar-refractivity contribution in [3.05, 3.63) is 53.3 Å². The molecule has 2 aromatic carbocycles. The first kappa shape index (κ1) is 12.8. The van der Waals surface area contributed by atoms with Crippen LogP contribution in [-0.4, -0.2) is 12.6 Å². The Labute approximate surface area is 123 Å². The fourth-order valence-corrected chi connectivity index (χ4v) is 2.92. The molecule has 108 valence electrons. The van der Waals surface area contributed by atoms with Crippen LogP contribution in [0.1, 0.15) is 24.0 Å². The highest BCUT2D eigenvalue weighted by Gasteiger charge is 2.22. The van der Waals surface area contributed by atoms with Gasteiger partial charge in [0.25, 0.3) is 0 Å². The largest absolute Gasteiger partial charge is 0.492 e. The van der Waals surface area contributed by atoms with Gasteiger partial charge in [0.15, 0.2) is 0 Å². The van der Waals surface area contributed by atoms with Crippen molar-refractivity contribution in [3.8, 4) is 16.9 Å². The zero-order valence-electron chi connectivity index (χ0n) is 11.9. The summed E-state index contributed by atoms with van der Waals surface area (Å²) in [5.41, 5.74) is 4.31. The minimum Gasteiger partial charge on any atom is -0.492 e. The molecule has 0 unspecified atom stereocenters. The maximum absolute atomic E-state index is 13.7. The van der Waals surface area contributed by atoms with E-state index in [0.29, 0.717) is 6.04 Å². The van der Waals surface area contributed by atoms with Gasteiger partial charge in [0.1, 0.15) is 11.6 Å². The van der Waals surface area contributed by atoms with Gasteiger partial charge < -0.3 is 10.1 Å². The van der Waals surface area contributed by atoms with E-state index < -0.39 is 0 Å². The molecule has 1 saturated carbocycles. The summed E-state index contributed by atoms with van der Waals surface area (Å²) in [5.74, 6) is 0.728. The molecule has 2 nitrogen and oxygen atoms in total. The Kier molecular flexibility index (Phi) is 3.15. The summed E-state index contributed by atoms with van der Waals surface area (Å²) in [6, 6.07) is 11.8. The predicted octanol–water partition coefficient (Wildman–Crippen LogP) is 3.68. The second kappa shape index (κ2) is 5.15. The van der Waals surface area contributed by atoms with Crippen LogP contribution in [0.25, 0.3) is 11.1 Å². The molecule has 2 aliphatic rings. The maximum atomic E-state index is 13.7. The van der Waals surface area contributed by atoms with Crippen molar-refractivity contribution in [3.63, 3.8) is 0 Å². The summed E-state index contributed by atoms with van der Waals surface area (Å²) in [7, 11) is 0. The van der Waals surface area contributed by atoms with Crippen molar-refractivity contribution in [2.75, 3.05) is 6.61 Å². The zero-order valence-corrected chi connectivity index (χ0v) is 11.9. The van der Waals surface area contributed by atoms with Crippen LogP contribution >= 0.6 is 0 Å². The number of benzene rings is 2. The summed E-state index contributed by atoms with van der Waals surface area (Å²) < 4.78 is 19.5. The van der Waals surface area contributed by atoms with Gasteiger partial charge in [-0.25, -0.2) is 4.39 Å². The zero-order chi connectivity index (χ0) is 14.2. The van der Waals surface area contributed by atoms with Crippen molar-refractivity contribution in [2.45, 2.75) is 31.8 Å². The van der Waals surface area contributed by atoms with Crippen LogP contribution in [0.4, 0.5) is 4.39 Å². The molecule has 1 N–H and O–H groups in total. The Balaban J connectivity index is 1.76. The van der Waals surface area contributed by atoms with E-state index in [9.17, 15) is 4.39 Å². The summed E-state index contributed by atoms with van der Waals surface area (Å²) in [4.78, 5) is 0. The first-order valence-electron chi connectivity index (χ1n) is 7.58. The lowest BCUT2D eigenvalue weighted by Gasteiger charge is -2.14. The van der Waals surface area contributed by atoms with Crippen LogP contribution < -0.4 is 10.1 Å². The van der Waals surface area contributed by atoms with Crippen molar-refractivity contribution < 1.29 is 9.13 Å². The van der Waals surface area contributed by atoms with Crippen molar-refractivity contribution in [1.29, 1.82) is 0 Å². The van der Waals surface area contributed by atoms with Crippen LogP contribution in [-0.2, 0) is 13.0 Å². The van der Waals surface area contributed by atoms with Gasteiger partial charge in [-0.2, -0.15) is 0 Å². The van der Waals surface area contributed by atoms with Crippen LogP contribution in [0.5, 0.6) is 5.75 Å². The standard InChI is InChI=1S/C18H18FNO/c19-14-5-4-13(11-20-15-6-7-15)17(10-14)16-3-1-2-12-8-9-21-18(12)16/h1-5,10,15,20H,6-9,11H2. The van der Waals surface area contributed by atoms with E-state index >= 15 is 0 Å². The van der Waals surface area contributed by atoms with Gasteiger partial charge in [-0.15, -0.1) is 0 Å². The molecule has 0 spiro atoms. The third kappa shape index (κ3) is 2.54. The number of rotatable bonds is 4. The molecule has 21 heavy (non-hydrogen) atoms. The first-order chi connectivity index (χ1) is 10.3. The van der Waals surface area contributed by atoms with E-state index in [0.717, 1.165) is 42.0 Å². The van der Waals surface area contributed by atoms with Gasteiger partial charge in [-0.1, -0.05) is 24.3 Å². The van der Waals surface area contributed by atoms with Gasteiger partial charge in [0, 0.05) is 24.6 Å². The third-order valence-electron chi connectivity index (χ3n) is 4.24. The molecule has 1 aliphatic carbocycles. The molecular weight excluding hydrogens is 265 g/mol. The van der Waals surface area contributed by atoms with E-state index in [1.807, 2.05) is 18.2 Å². The topological polar surface area (TPSA) is 21.3 Å². The van der Waals surface area contributed by atoms with Gasteiger partial charge in [0.05, 0.1) is 6.61 Å². The molecule has 0 bridgehead atoms. The molecule has 0 saturated heterocycles. The smallest absolute Gasteiger partial charge is 0.130 e. The monoisotopic (exact) mass is 283 g/mol. The van der Waals surface area contributed by atoms with Crippen LogP contribution in [0.3, 0.4) is 0 Å². The van der Waals surface area contributed by atoms with E-state index in [1.54, 1.807) is 6.07 Å². The van der Waals surface area contributed by atoms with Crippen molar-refractivity contribution in [1.82, 2.24) is 5.32 Å². The number of hydrogen-bond acceptors (Lipinski definition) is 2. The molecule has 0 amide bonds. The molecule has 4 rings (SSSR count). The van der Waals surface area contributed by atoms with Crippen molar-refractivity contribution >= 4 is 0 Å². The highest BCUT2D eigenvalue weighted by atomic mass is 19.1. The second-order valence-corrected chi connectivity index (χ2v) is 5.85. The average Bonchev–Trinajstić information content (AvgIpc) is 3.20. The second-order valence-electron chi connectivity index (χ2n) is 5.85. The van der Waals surface area contributed by atoms with Gasteiger partial charge in [-0.05, 0) is 41.7 Å². The average molecular weight is 283 g/mol. The number of ether oxygens (including phenoxy) is 1. The fourth-order valence-electron chi connectivity index (χ4n) is 2.92. The normalized spacial score (nSPS) is 16.6. The lowest BCUT2D eigenvalue weighted by atomic mass is 9.96. The molecular formula is C18H18FNO. The Morgan fingerprint density at radius 1 is 1.14 bits per heavy atom. The summed E-state index contributed by atoms with van der Waals surface area (Å²) in [6.45, 7) is 1.50. The van der Waals surface area contributed by atoms with Crippen LogP contribution in [0, 0.1) is 5.82 Å². The van der Waals surface area contributed by atoms with E-state index in [4.69, 9.17) is 4.74 Å². The molecule has 0 radical (unpaired) electrons. The maximum Gasteiger partial charge on any atom is 0.130 e. The van der Waals surface area contributed by atoms with Gasteiger partial charge in [0.2, 0.25) is 0 Å². The number of halogens is 1. The Morgan fingerprint density at radius 3 is 2.90 bits per heavy atom. The molecule has 3 heteroatoms. The lowest BCUT2D eigenvalue weighted by molar-refractivity contribution is 0.358. The highest BCUT2D eigenvalue weighted by Crippen LogP contribution is 2.38. The molecule has 0 aromatic heterocycles. The summed E-state index contributed by atoms with van der Waals surface area (Å²) in [6.07, 6.45) is 3.44. The third-order valence-corrected chi connectivity index (χ3v) is 4.24. The number of nitrogens with one attached hydrogen (secondary N) is 1. The lowest BCUT2D eigenvalue weighted by Crippen LogP contribution is -2.16. The Bertz CT molecular complexity index is 679. The molecule has 0 atom stereocenters. The van der Waals surface area contributed by atoms with Crippen LogP contribution in [0.15, 0.2) is 36.4 Å². The van der Waals surface area contributed by atoms with Gasteiger partial charge in [-0.3, -0.25) is 0 Å². The fraction of sp³-hybridized carbons (Fsp3) is 0.333. The molecule has 1 aliphatic heterocycles. The van der Waals surface area contributed by atoms with Gasteiger partial charge >= 0.3 is 0 Å². The quantitative estimate of drug-likeness (QED) is 0.924. The van der Waals surface area contributed by atoms with E-state index in [2.05, 4.69) is 11.4 Å². The predicted molar refractivity (Wildman–Crippen MR) is 80.9 cm³/mol. The summed E-state index contributed by atoms with van der Waals surface area (Å²) in [5, 5.41) is 3.51. The van der Waals surface area contributed by atoms with E-state index in [-0.39, 0.29) is 5.82 Å². The van der Waals surface area contributed by atoms with E-state index in [1.165, 1.54) is 24.5 Å². The number of hydrogen-bond donors (Lipinski definition) is 1. The molecule has 1 heterocycles. The molecule has 2 aromatic rings. The summed E-state index contributed by atoms with van der Waals surface area (Å²) >= 11 is 0. The molecule has 1 fully saturated rings. The SMILES string of the molecule is Fc1ccc(CNC2CC2)c(-c2cccc3c2OCC3)c1. The minimum atomic E-state index is -0.198. The number of para-hydroxylation sites is 1. The van der Waals surface area contributed by atoms with Crippen LogP contribution in [0.2, 0.25) is 0 Å². The first-order valence-corrected chi connectivity index (χ1v) is 7.58. The Hall–Kier alpha value is -1.87. The minimum absolute atomic E-state index is 0.198. The number of fused-ring (bicyclic) bond motifs is 1. The highest BCUT2D eigenvalue weighted by molar-refractivity contribution is 5.75.